The van der Waals surface area contributed by atoms with Gasteiger partial charge in [0.15, 0.2) is 6.10 Å². The molecule has 0 spiro atoms. The number of carbonyl (C=O) groups excluding carboxylic acids is 1. The maximum Gasteiger partial charge on any atom is 0.261 e. The van der Waals surface area contributed by atoms with E-state index in [0.29, 0.717) is 24.7 Å². The van der Waals surface area contributed by atoms with E-state index in [4.69, 9.17) is 14.2 Å². The second kappa shape index (κ2) is 8.82. The summed E-state index contributed by atoms with van der Waals surface area (Å²) in [4.78, 5) is 12.2. The molecule has 5 nitrogen and oxygen atoms in total. The summed E-state index contributed by atoms with van der Waals surface area (Å²) in [5.41, 5.74) is 0.932. The number of hydrogen-bond donors (Lipinski definition) is 1. The van der Waals surface area contributed by atoms with Gasteiger partial charge in [-0.25, -0.2) is 0 Å². The molecule has 0 aliphatic heterocycles. The summed E-state index contributed by atoms with van der Waals surface area (Å²) >= 11 is 0. The van der Waals surface area contributed by atoms with Gasteiger partial charge in [-0.2, -0.15) is 0 Å². The third kappa shape index (κ3) is 4.91. The van der Waals surface area contributed by atoms with Crippen LogP contribution in [0.3, 0.4) is 0 Å². The molecule has 2 aromatic rings. The minimum Gasteiger partial charge on any atom is -0.497 e. The monoisotopic (exact) mass is 329 g/mol. The average molecular weight is 329 g/mol. The summed E-state index contributed by atoms with van der Waals surface area (Å²) in [6.45, 7) is 4.61. The van der Waals surface area contributed by atoms with Crippen LogP contribution in [-0.4, -0.2) is 25.7 Å². The molecule has 1 atom stereocenters. The molecule has 5 heteroatoms. The number of rotatable bonds is 8. The second-order valence-electron chi connectivity index (χ2n) is 5.20. The Morgan fingerprint density at radius 2 is 1.88 bits per heavy atom. The number of amides is 1. The minimum absolute atomic E-state index is 0.191. The first-order valence-corrected chi connectivity index (χ1v) is 7.93. The molecule has 24 heavy (non-hydrogen) atoms. The third-order valence-corrected chi connectivity index (χ3v) is 3.45. The molecule has 0 radical (unpaired) electrons. The van der Waals surface area contributed by atoms with Crippen molar-refractivity contribution in [3.05, 3.63) is 54.1 Å². The molecule has 0 aromatic heterocycles. The third-order valence-electron chi connectivity index (χ3n) is 3.45. The molecule has 0 bridgehead atoms. The summed E-state index contributed by atoms with van der Waals surface area (Å²) in [6, 6.07) is 14.8. The fraction of sp³-hybridized carbons (Fsp3) is 0.316. The summed E-state index contributed by atoms with van der Waals surface area (Å²) < 4.78 is 16.4. The van der Waals surface area contributed by atoms with Crippen molar-refractivity contribution < 1.29 is 19.0 Å². The predicted molar refractivity (Wildman–Crippen MR) is 92.5 cm³/mol. The van der Waals surface area contributed by atoms with E-state index in [2.05, 4.69) is 5.32 Å². The van der Waals surface area contributed by atoms with E-state index >= 15 is 0 Å². The zero-order chi connectivity index (χ0) is 17.4. The van der Waals surface area contributed by atoms with Gasteiger partial charge in [-0.05, 0) is 32.0 Å². The lowest BCUT2D eigenvalue weighted by atomic mass is 10.2. The molecule has 2 aromatic carbocycles. The van der Waals surface area contributed by atoms with Crippen LogP contribution in [0.4, 0.5) is 0 Å². The highest BCUT2D eigenvalue weighted by atomic mass is 16.5. The molecular weight excluding hydrogens is 306 g/mol. The molecule has 0 unspecified atom stereocenters. The van der Waals surface area contributed by atoms with Crippen molar-refractivity contribution in [2.75, 3.05) is 13.7 Å². The molecular formula is C19H23NO4. The van der Waals surface area contributed by atoms with Crippen LogP contribution in [0.15, 0.2) is 48.5 Å². The largest absolute Gasteiger partial charge is 0.497 e. The summed E-state index contributed by atoms with van der Waals surface area (Å²) in [7, 11) is 1.59. The van der Waals surface area contributed by atoms with E-state index in [1.807, 2.05) is 43.3 Å². The second-order valence-corrected chi connectivity index (χ2v) is 5.20. The number of ether oxygens (including phenoxy) is 3. The quantitative estimate of drug-likeness (QED) is 0.808. The number of nitrogens with one attached hydrogen (secondary N) is 1. The molecule has 0 saturated heterocycles. The van der Waals surface area contributed by atoms with Crippen molar-refractivity contribution in [3.8, 4) is 17.2 Å². The average Bonchev–Trinajstić information content (AvgIpc) is 2.61. The lowest BCUT2D eigenvalue weighted by Gasteiger charge is -2.16. The minimum atomic E-state index is -0.614. The zero-order valence-electron chi connectivity index (χ0n) is 14.2. The van der Waals surface area contributed by atoms with Gasteiger partial charge in [-0.15, -0.1) is 0 Å². The first-order valence-electron chi connectivity index (χ1n) is 7.93. The highest BCUT2D eigenvalue weighted by molar-refractivity contribution is 5.80. The van der Waals surface area contributed by atoms with Crippen molar-refractivity contribution in [2.45, 2.75) is 26.5 Å². The molecule has 2 rings (SSSR count). The summed E-state index contributed by atoms with van der Waals surface area (Å²) in [5.74, 6) is 1.86. The standard InChI is InChI=1S/C19H23NO4/c1-4-23-18-11-6-5-8-15(18)13-20-19(21)14(2)24-17-10-7-9-16(12-17)22-3/h5-12,14H,4,13H2,1-3H3,(H,20,21)/t14-/m1/s1. The highest BCUT2D eigenvalue weighted by Crippen LogP contribution is 2.20. The van der Waals surface area contributed by atoms with Crippen LogP contribution in [0.2, 0.25) is 0 Å². The Bertz CT molecular complexity index is 672. The van der Waals surface area contributed by atoms with Crippen LogP contribution in [0.5, 0.6) is 17.2 Å². The van der Waals surface area contributed by atoms with Crippen molar-refractivity contribution in [1.82, 2.24) is 5.32 Å². The fourth-order valence-electron chi connectivity index (χ4n) is 2.20. The van der Waals surface area contributed by atoms with Gasteiger partial charge >= 0.3 is 0 Å². The Labute approximate surface area is 142 Å². The Hall–Kier alpha value is -2.69. The van der Waals surface area contributed by atoms with E-state index < -0.39 is 6.10 Å². The van der Waals surface area contributed by atoms with Gasteiger partial charge in [0.2, 0.25) is 0 Å². The topological polar surface area (TPSA) is 56.8 Å². The van der Waals surface area contributed by atoms with Crippen LogP contribution < -0.4 is 19.5 Å². The van der Waals surface area contributed by atoms with Gasteiger partial charge in [-0.1, -0.05) is 24.3 Å². The van der Waals surface area contributed by atoms with Gasteiger partial charge in [-0.3, -0.25) is 4.79 Å². The normalized spacial score (nSPS) is 11.5. The molecule has 0 aliphatic carbocycles. The number of benzene rings is 2. The Morgan fingerprint density at radius 3 is 2.62 bits per heavy atom. The van der Waals surface area contributed by atoms with Crippen LogP contribution in [0, 0.1) is 0 Å². The maximum atomic E-state index is 12.2. The Kier molecular flexibility index (Phi) is 6.49. The number of methoxy groups -OCH3 is 1. The number of carbonyl (C=O) groups is 1. The van der Waals surface area contributed by atoms with Gasteiger partial charge < -0.3 is 19.5 Å². The fourth-order valence-corrected chi connectivity index (χ4v) is 2.20. The van der Waals surface area contributed by atoms with Crippen LogP contribution >= 0.6 is 0 Å². The van der Waals surface area contributed by atoms with E-state index in [1.54, 1.807) is 26.2 Å². The molecule has 1 amide bonds. The van der Waals surface area contributed by atoms with E-state index in [0.717, 1.165) is 11.3 Å². The zero-order valence-corrected chi connectivity index (χ0v) is 14.2. The van der Waals surface area contributed by atoms with Crippen molar-refractivity contribution in [3.63, 3.8) is 0 Å². The molecule has 1 N–H and O–H groups in total. The van der Waals surface area contributed by atoms with Crippen molar-refractivity contribution in [1.29, 1.82) is 0 Å². The molecule has 0 aliphatic rings. The van der Waals surface area contributed by atoms with Gasteiger partial charge in [0.1, 0.15) is 17.2 Å². The highest BCUT2D eigenvalue weighted by Gasteiger charge is 2.15. The first-order chi connectivity index (χ1) is 11.6. The molecule has 0 heterocycles. The van der Waals surface area contributed by atoms with Gasteiger partial charge in [0.05, 0.1) is 13.7 Å². The van der Waals surface area contributed by atoms with E-state index in [1.165, 1.54) is 0 Å². The molecule has 0 saturated carbocycles. The van der Waals surface area contributed by atoms with Crippen LogP contribution in [-0.2, 0) is 11.3 Å². The number of para-hydroxylation sites is 1. The maximum absolute atomic E-state index is 12.2. The first kappa shape index (κ1) is 17.7. The van der Waals surface area contributed by atoms with E-state index in [9.17, 15) is 4.79 Å². The van der Waals surface area contributed by atoms with Gasteiger partial charge in [0, 0.05) is 18.2 Å². The Morgan fingerprint density at radius 1 is 1.12 bits per heavy atom. The van der Waals surface area contributed by atoms with Crippen molar-refractivity contribution in [2.24, 2.45) is 0 Å². The van der Waals surface area contributed by atoms with Crippen LogP contribution in [0.25, 0.3) is 0 Å². The summed E-state index contributed by atoms with van der Waals surface area (Å²) in [5, 5.41) is 2.87. The van der Waals surface area contributed by atoms with Crippen molar-refractivity contribution >= 4 is 5.91 Å². The van der Waals surface area contributed by atoms with E-state index in [-0.39, 0.29) is 5.91 Å². The lowest BCUT2D eigenvalue weighted by Crippen LogP contribution is -2.36. The summed E-state index contributed by atoms with van der Waals surface area (Å²) in [6.07, 6.45) is -0.614. The molecule has 128 valence electrons. The lowest BCUT2D eigenvalue weighted by molar-refractivity contribution is -0.127. The Balaban J connectivity index is 1.92. The number of hydrogen-bond acceptors (Lipinski definition) is 4. The van der Waals surface area contributed by atoms with Gasteiger partial charge in [0.25, 0.3) is 5.91 Å². The predicted octanol–water partition coefficient (Wildman–Crippen LogP) is 3.18. The SMILES string of the molecule is CCOc1ccccc1CNC(=O)[C@@H](C)Oc1cccc(OC)c1. The smallest absolute Gasteiger partial charge is 0.261 e. The molecule has 0 fully saturated rings. The van der Waals surface area contributed by atoms with Crippen LogP contribution in [0.1, 0.15) is 19.4 Å².